The van der Waals surface area contributed by atoms with Gasteiger partial charge in [-0.1, -0.05) is 6.07 Å². The van der Waals surface area contributed by atoms with Crippen LogP contribution < -0.4 is 21.2 Å². The zero-order valence-corrected chi connectivity index (χ0v) is 32.6. The number of halogens is 1. The Bertz CT molecular complexity index is 2530. The fourth-order valence-corrected chi connectivity index (χ4v) is 9.95. The van der Waals surface area contributed by atoms with Crippen LogP contribution in [0.4, 0.5) is 21.5 Å². The van der Waals surface area contributed by atoms with Gasteiger partial charge in [0, 0.05) is 68.7 Å². The number of aryl methyl sites for hydroxylation is 1. The Morgan fingerprint density at radius 3 is 2.50 bits per heavy atom. The number of para-hydroxylation sites is 1. The fourth-order valence-electron chi connectivity index (χ4n) is 9.95. The Hall–Kier alpha value is -5.88. The number of imide groups is 1. The molecule has 1 atom stereocenters. The first kappa shape index (κ1) is 37.7. The van der Waals surface area contributed by atoms with E-state index in [4.69, 9.17) is 11.7 Å². The number of hydrogen-bond acceptors (Lipinski definition) is 8. The first-order valence-electron chi connectivity index (χ1n) is 20.4. The number of benzene rings is 2. The van der Waals surface area contributed by atoms with Gasteiger partial charge in [-0.05, 0) is 106 Å². The monoisotopic (exact) mass is 786 g/mol. The molecule has 0 radical (unpaired) electrons. The molecule has 58 heavy (non-hydrogen) atoms. The van der Waals surface area contributed by atoms with Gasteiger partial charge in [0.1, 0.15) is 11.9 Å². The minimum atomic E-state index is -0.697. The summed E-state index contributed by atoms with van der Waals surface area (Å²) in [6.07, 6.45) is 14.1. The summed E-state index contributed by atoms with van der Waals surface area (Å²) < 4.78 is 20.2. The number of imidazole rings is 1. The summed E-state index contributed by atoms with van der Waals surface area (Å²) in [6.45, 7) is 12.3. The average molecular weight is 787 g/mol. The van der Waals surface area contributed by atoms with Crippen molar-refractivity contribution in [2.75, 3.05) is 42.9 Å². The SMILES string of the molecule is [C-]#[N+]c1cncc(C(=O)Nc2cc3cn(C4CCC(CN5CCC6(CC5)CCN(c5cccc7c5n(C)c(=O)n7C5CCC(=O)NC5=O)CC6)CC4)nc3cc2F)c1. The molecule has 1 saturated carbocycles. The maximum absolute atomic E-state index is 15.1. The lowest BCUT2D eigenvalue weighted by Gasteiger charge is -2.48. The summed E-state index contributed by atoms with van der Waals surface area (Å²) in [5.74, 6) is -1.18. The molecule has 3 saturated heterocycles. The van der Waals surface area contributed by atoms with Crippen molar-refractivity contribution in [2.24, 2.45) is 18.4 Å². The molecule has 2 N–H and O–H groups in total. The highest BCUT2D eigenvalue weighted by Crippen LogP contribution is 2.44. The average Bonchev–Trinajstić information content (AvgIpc) is 3.76. The number of nitrogens with zero attached hydrogens (tertiary/aromatic N) is 8. The number of pyridine rings is 1. The Morgan fingerprint density at radius 1 is 1.00 bits per heavy atom. The first-order chi connectivity index (χ1) is 28.1. The molecule has 2 aromatic carbocycles. The fraction of sp³-hybridized carbons (Fsp3) is 0.465. The Morgan fingerprint density at radius 2 is 1.76 bits per heavy atom. The second-order valence-electron chi connectivity index (χ2n) is 16.8. The third-order valence-corrected chi connectivity index (χ3v) is 13.4. The zero-order valence-electron chi connectivity index (χ0n) is 32.6. The van der Waals surface area contributed by atoms with Crippen LogP contribution in [-0.2, 0) is 16.6 Å². The van der Waals surface area contributed by atoms with Crippen LogP contribution >= 0.6 is 0 Å². The number of nitrogens with one attached hydrogen (secondary N) is 2. The normalized spacial score (nSPS) is 22.6. The highest BCUT2D eigenvalue weighted by molar-refractivity contribution is 6.05. The third-order valence-electron chi connectivity index (χ3n) is 13.4. The van der Waals surface area contributed by atoms with E-state index in [0.717, 1.165) is 93.4 Å². The Kier molecular flexibility index (Phi) is 9.83. The van der Waals surface area contributed by atoms with Gasteiger partial charge in [0.25, 0.3) is 5.91 Å². The summed E-state index contributed by atoms with van der Waals surface area (Å²) in [5, 5.41) is 10.5. The van der Waals surface area contributed by atoms with Crippen LogP contribution in [0.2, 0.25) is 0 Å². The van der Waals surface area contributed by atoms with Crippen molar-refractivity contribution in [3.63, 3.8) is 0 Å². The minimum absolute atomic E-state index is 0.0628. The maximum Gasteiger partial charge on any atom is 0.329 e. The van der Waals surface area contributed by atoms with E-state index >= 15 is 4.39 Å². The van der Waals surface area contributed by atoms with Crippen LogP contribution in [-0.4, -0.2) is 79.2 Å². The molecule has 15 heteroatoms. The lowest BCUT2D eigenvalue weighted by Crippen LogP contribution is -2.48. The number of hydrogen-bond donors (Lipinski definition) is 2. The van der Waals surface area contributed by atoms with E-state index in [1.807, 2.05) is 23.0 Å². The predicted molar refractivity (Wildman–Crippen MR) is 217 cm³/mol. The van der Waals surface area contributed by atoms with E-state index < -0.39 is 23.7 Å². The molecule has 6 heterocycles. The van der Waals surface area contributed by atoms with E-state index in [0.29, 0.717) is 23.3 Å². The standard InChI is InChI=1S/C43H47FN10O4/c1-45-30-20-28(23-46-24-30)40(56)47-34-21-29-26-53(49-33(29)22-32(34)44)31-8-6-27(7-9-31)25-51-16-12-43(13-17-51)14-18-52(19-15-43)35-4-3-5-36-39(35)50(2)42(58)54(36)37-10-11-38(55)48-41(37)57/h3-5,20-24,26-27,31,37H,6-19,25H2,2H3,(H,47,56)(H,48,55,57). The van der Waals surface area contributed by atoms with E-state index in [-0.39, 0.29) is 41.0 Å². The van der Waals surface area contributed by atoms with Gasteiger partial charge >= 0.3 is 5.69 Å². The highest BCUT2D eigenvalue weighted by Gasteiger charge is 2.39. The predicted octanol–water partition coefficient (Wildman–Crippen LogP) is 6.12. The van der Waals surface area contributed by atoms with Crippen molar-refractivity contribution in [3.05, 3.63) is 88.3 Å². The molecule has 5 aromatic rings. The van der Waals surface area contributed by atoms with E-state index in [9.17, 15) is 19.2 Å². The van der Waals surface area contributed by atoms with Gasteiger partial charge in [-0.15, -0.1) is 0 Å². The molecular formula is C43H47FN10O4. The van der Waals surface area contributed by atoms with Gasteiger partial charge in [0.15, 0.2) is 0 Å². The number of piperidine rings is 3. The number of amides is 3. The molecule has 3 amide bonds. The van der Waals surface area contributed by atoms with Crippen molar-refractivity contribution in [1.29, 1.82) is 0 Å². The van der Waals surface area contributed by atoms with Gasteiger partial charge in [-0.3, -0.25) is 38.5 Å². The van der Waals surface area contributed by atoms with Crippen LogP contribution in [0.5, 0.6) is 0 Å². The van der Waals surface area contributed by atoms with Gasteiger partial charge in [0.2, 0.25) is 17.5 Å². The van der Waals surface area contributed by atoms with E-state index in [1.165, 1.54) is 37.4 Å². The second kappa shape index (κ2) is 15.1. The molecule has 1 aliphatic carbocycles. The smallest absolute Gasteiger partial charge is 0.329 e. The summed E-state index contributed by atoms with van der Waals surface area (Å²) in [4.78, 5) is 63.1. The van der Waals surface area contributed by atoms with Crippen molar-refractivity contribution in [2.45, 2.75) is 76.3 Å². The summed E-state index contributed by atoms with van der Waals surface area (Å²) >= 11 is 0. The highest BCUT2D eigenvalue weighted by atomic mass is 19.1. The topological polar surface area (TPSA) is 144 Å². The number of carbonyl (C=O) groups is 3. The molecule has 1 unspecified atom stereocenters. The molecule has 0 bridgehead atoms. The second-order valence-corrected chi connectivity index (χ2v) is 16.8. The minimum Gasteiger partial charge on any atom is -0.370 e. The van der Waals surface area contributed by atoms with Crippen LogP contribution in [0.1, 0.15) is 86.6 Å². The number of anilines is 2. The van der Waals surface area contributed by atoms with Crippen LogP contribution in [0, 0.1) is 23.7 Å². The van der Waals surface area contributed by atoms with Crippen molar-refractivity contribution < 1.29 is 18.8 Å². The molecule has 1 spiro atoms. The third kappa shape index (κ3) is 7.03. The largest absolute Gasteiger partial charge is 0.370 e. The number of fused-ring (bicyclic) bond motifs is 2. The molecule has 300 valence electrons. The lowest BCUT2D eigenvalue weighted by molar-refractivity contribution is -0.135. The Labute approximate surface area is 334 Å². The van der Waals surface area contributed by atoms with Crippen LogP contribution in [0.25, 0.3) is 26.8 Å². The Balaban J connectivity index is 0.771. The number of rotatable bonds is 7. The van der Waals surface area contributed by atoms with Crippen LogP contribution in [0.3, 0.4) is 0 Å². The molecule has 3 aliphatic heterocycles. The summed E-state index contributed by atoms with van der Waals surface area (Å²) in [6, 6.07) is 9.90. The molecule has 14 nitrogen and oxygen atoms in total. The maximum atomic E-state index is 15.1. The van der Waals surface area contributed by atoms with Gasteiger partial charge in [0.05, 0.1) is 40.5 Å². The van der Waals surface area contributed by atoms with Gasteiger partial charge < -0.3 is 15.1 Å². The lowest BCUT2D eigenvalue weighted by atomic mass is 9.71. The zero-order chi connectivity index (χ0) is 40.1. The molecular weight excluding hydrogens is 740 g/mol. The molecule has 4 aliphatic rings. The van der Waals surface area contributed by atoms with Crippen molar-refractivity contribution >= 4 is 56.7 Å². The number of likely N-dealkylation sites (tertiary alicyclic amines) is 1. The van der Waals surface area contributed by atoms with Gasteiger partial charge in [-0.2, -0.15) is 5.10 Å². The summed E-state index contributed by atoms with van der Waals surface area (Å²) in [7, 11) is 1.77. The van der Waals surface area contributed by atoms with E-state index in [1.54, 1.807) is 22.2 Å². The van der Waals surface area contributed by atoms with Gasteiger partial charge in [-0.25, -0.2) is 14.0 Å². The molecule has 3 aromatic heterocycles. The molecule has 4 fully saturated rings. The number of aromatic nitrogens is 5. The molecule has 9 rings (SSSR count). The van der Waals surface area contributed by atoms with Crippen molar-refractivity contribution in [3.8, 4) is 0 Å². The van der Waals surface area contributed by atoms with Crippen LogP contribution in [0.15, 0.2) is 59.8 Å². The van der Waals surface area contributed by atoms with Crippen molar-refractivity contribution in [1.82, 2.24) is 34.1 Å². The number of carbonyl (C=O) groups excluding carboxylic acids is 3. The quantitative estimate of drug-likeness (QED) is 0.149. The summed E-state index contributed by atoms with van der Waals surface area (Å²) in [5.41, 5.74) is 3.72. The van der Waals surface area contributed by atoms with E-state index in [2.05, 4.69) is 36.3 Å². The first-order valence-corrected chi connectivity index (χ1v) is 20.4.